The lowest BCUT2D eigenvalue weighted by atomic mass is 10.1. The van der Waals surface area contributed by atoms with Crippen molar-refractivity contribution in [3.8, 4) is 5.75 Å². The summed E-state index contributed by atoms with van der Waals surface area (Å²) in [5.41, 5.74) is 6.41. The Balaban J connectivity index is 3.21. The van der Waals surface area contributed by atoms with Crippen LogP contribution in [0.5, 0.6) is 5.75 Å². The number of anilines is 1. The molecule has 0 atom stereocenters. The molecule has 1 rings (SSSR count). The van der Waals surface area contributed by atoms with Gasteiger partial charge in [-0.05, 0) is 72.0 Å². The van der Waals surface area contributed by atoms with Gasteiger partial charge in [-0.2, -0.15) is 0 Å². The summed E-state index contributed by atoms with van der Waals surface area (Å²) in [5, 5.41) is 0. The summed E-state index contributed by atoms with van der Waals surface area (Å²) >= 11 is 6.70. The van der Waals surface area contributed by atoms with E-state index in [2.05, 4.69) is 31.9 Å². The zero-order valence-electron chi connectivity index (χ0n) is 14.3. The Bertz CT molecular complexity index is 624. The van der Waals surface area contributed by atoms with Crippen LogP contribution in [0.1, 0.15) is 43.6 Å². The van der Waals surface area contributed by atoms with Crippen LogP contribution in [0.25, 0.3) is 0 Å². The molecule has 0 fully saturated rings. The molecule has 134 valence electrons. The number of hydrogen-bond donors (Lipinski definition) is 1. The topological polar surface area (TPSA) is 87.8 Å². The number of ether oxygens (including phenoxy) is 3. The molecule has 0 aliphatic rings. The average Bonchev–Trinajstić information content (AvgIpc) is 2.43. The number of esters is 2. The van der Waals surface area contributed by atoms with Crippen molar-refractivity contribution in [2.75, 3.05) is 18.9 Å². The van der Waals surface area contributed by atoms with Crippen molar-refractivity contribution in [1.82, 2.24) is 0 Å². The molecule has 6 nitrogen and oxygen atoms in total. The second kappa shape index (κ2) is 8.20. The average molecular weight is 467 g/mol. The molecular formula is C16H21Br2NO5. The second-order valence-electron chi connectivity index (χ2n) is 5.97. The number of carbonyl (C=O) groups excluding carboxylic acids is 2. The molecule has 1 aromatic rings. The highest BCUT2D eigenvalue weighted by molar-refractivity contribution is 9.11. The molecule has 8 heteroatoms. The van der Waals surface area contributed by atoms with E-state index in [0.29, 0.717) is 20.3 Å². The van der Waals surface area contributed by atoms with E-state index in [-0.39, 0.29) is 24.5 Å². The maximum Gasteiger partial charge on any atom is 0.344 e. The molecule has 24 heavy (non-hydrogen) atoms. The van der Waals surface area contributed by atoms with E-state index in [4.69, 9.17) is 19.9 Å². The van der Waals surface area contributed by atoms with E-state index in [1.54, 1.807) is 34.6 Å². The molecule has 0 radical (unpaired) electrons. The fraction of sp³-hybridized carbons (Fsp3) is 0.500. The molecule has 1 aromatic carbocycles. The SMILES string of the molecule is CCOC(=O)COc1c(Br)c(C)c(C(=O)OC(C)(C)C)c(N)c1Br. The highest BCUT2D eigenvalue weighted by Crippen LogP contribution is 2.43. The van der Waals surface area contributed by atoms with Gasteiger partial charge in [-0.25, -0.2) is 9.59 Å². The third kappa shape index (κ3) is 5.11. The maximum absolute atomic E-state index is 12.4. The van der Waals surface area contributed by atoms with Gasteiger partial charge >= 0.3 is 11.9 Å². The van der Waals surface area contributed by atoms with Crippen LogP contribution in [0.15, 0.2) is 8.95 Å². The van der Waals surface area contributed by atoms with Gasteiger partial charge in [-0.15, -0.1) is 0 Å². The van der Waals surface area contributed by atoms with Crippen LogP contribution < -0.4 is 10.5 Å². The lowest BCUT2D eigenvalue weighted by molar-refractivity contribution is -0.145. The summed E-state index contributed by atoms with van der Waals surface area (Å²) in [5.74, 6) is -0.704. The molecule has 0 aliphatic heterocycles. The van der Waals surface area contributed by atoms with E-state index in [0.717, 1.165) is 0 Å². The highest BCUT2D eigenvalue weighted by Gasteiger charge is 2.27. The molecule has 0 heterocycles. The van der Waals surface area contributed by atoms with Crippen LogP contribution in [0.3, 0.4) is 0 Å². The van der Waals surface area contributed by atoms with Gasteiger partial charge in [0, 0.05) is 0 Å². The minimum Gasteiger partial charge on any atom is -0.479 e. The molecule has 0 saturated heterocycles. The molecule has 0 bridgehead atoms. The Morgan fingerprint density at radius 2 is 1.75 bits per heavy atom. The van der Waals surface area contributed by atoms with Crippen molar-refractivity contribution in [3.05, 3.63) is 20.1 Å². The number of rotatable bonds is 5. The molecule has 2 N–H and O–H groups in total. The molecule has 0 unspecified atom stereocenters. The summed E-state index contributed by atoms with van der Waals surface area (Å²) in [6.45, 7) is 8.75. The van der Waals surface area contributed by atoms with Gasteiger partial charge in [0.1, 0.15) is 5.60 Å². The van der Waals surface area contributed by atoms with Gasteiger partial charge in [0.25, 0.3) is 0 Å². The number of nitrogens with two attached hydrogens (primary N) is 1. The summed E-state index contributed by atoms with van der Waals surface area (Å²) < 4.78 is 16.6. The van der Waals surface area contributed by atoms with Gasteiger partial charge in [0.2, 0.25) is 0 Å². The number of carbonyl (C=O) groups is 2. The smallest absolute Gasteiger partial charge is 0.344 e. The molecule has 0 spiro atoms. The van der Waals surface area contributed by atoms with E-state index in [9.17, 15) is 9.59 Å². The van der Waals surface area contributed by atoms with Crippen LogP contribution in [-0.2, 0) is 14.3 Å². The zero-order valence-corrected chi connectivity index (χ0v) is 17.5. The first-order valence-electron chi connectivity index (χ1n) is 7.28. The van der Waals surface area contributed by atoms with Crippen LogP contribution in [0.4, 0.5) is 5.69 Å². The molecule has 0 aliphatic carbocycles. The Hall–Kier alpha value is -1.28. The van der Waals surface area contributed by atoms with E-state index in [1.165, 1.54) is 0 Å². The quantitative estimate of drug-likeness (QED) is 0.521. The highest BCUT2D eigenvalue weighted by atomic mass is 79.9. The number of benzene rings is 1. The lowest BCUT2D eigenvalue weighted by Crippen LogP contribution is -2.25. The Morgan fingerprint density at radius 3 is 2.25 bits per heavy atom. The normalized spacial score (nSPS) is 11.1. The van der Waals surface area contributed by atoms with E-state index < -0.39 is 17.5 Å². The summed E-state index contributed by atoms with van der Waals surface area (Å²) in [6.07, 6.45) is 0. The zero-order chi connectivity index (χ0) is 18.7. The first-order chi connectivity index (χ1) is 11.0. The van der Waals surface area contributed by atoms with Gasteiger partial charge in [0.15, 0.2) is 12.4 Å². The predicted molar refractivity (Wildman–Crippen MR) is 98.3 cm³/mol. The van der Waals surface area contributed by atoms with E-state index in [1.807, 2.05) is 0 Å². The van der Waals surface area contributed by atoms with Gasteiger partial charge < -0.3 is 19.9 Å². The standard InChI is InChI=1S/C16H21Br2NO5/c1-6-22-9(20)7-23-14-11(17)8(2)10(13(19)12(14)18)15(21)24-16(3,4)5/h6-7,19H2,1-5H3. The molecule has 0 amide bonds. The summed E-state index contributed by atoms with van der Waals surface area (Å²) in [4.78, 5) is 23.9. The van der Waals surface area contributed by atoms with Crippen molar-refractivity contribution in [3.63, 3.8) is 0 Å². The summed E-state index contributed by atoms with van der Waals surface area (Å²) in [7, 11) is 0. The Kier molecular flexibility index (Phi) is 7.10. The molecular weight excluding hydrogens is 446 g/mol. The van der Waals surface area contributed by atoms with Gasteiger partial charge in [0.05, 0.1) is 26.8 Å². The molecule has 0 saturated carbocycles. The van der Waals surface area contributed by atoms with Crippen LogP contribution >= 0.6 is 31.9 Å². The minimum absolute atomic E-state index is 0.184. The first kappa shape index (κ1) is 20.8. The van der Waals surface area contributed by atoms with Crippen molar-refractivity contribution in [2.24, 2.45) is 0 Å². The maximum atomic E-state index is 12.4. The largest absolute Gasteiger partial charge is 0.479 e. The third-order valence-electron chi connectivity index (χ3n) is 2.85. The minimum atomic E-state index is -0.645. The van der Waals surface area contributed by atoms with Crippen molar-refractivity contribution < 1.29 is 23.8 Å². The van der Waals surface area contributed by atoms with Crippen LogP contribution in [0.2, 0.25) is 0 Å². The third-order valence-corrected chi connectivity index (χ3v) is 4.59. The first-order valence-corrected chi connectivity index (χ1v) is 8.87. The number of halogens is 2. The fourth-order valence-corrected chi connectivity index (χ4v) is 3.15. The van der Waals surface area contributed by atoms with Crippen LogP contribution in [-0.4, -0.2) is 30.8 Å². The van der Waals surface area contributed by atoms with Crippen molar-refractivity contribution >= 4 is 49.5 Å². The van der Waals surface area contributed by atoms with Gasteiger partial charge in [-0.1, -0.05) is 0 Å². The second-order valence-corrected chi connectivity index (χ2v) is 7.55. The van der Waals surface area contributed by atoms with E-state index >= 15 is 0 Å². The van der Waals surface area contributed by atoms with Crippen molar-refractivity contribution in [2.45, 2.75) is 40.2 Å². The number of nitrogen functional groups attached to an aromatic ring is 1. The van der Waals surface area contributed by atoms with Crippen molar-refractivity contribution in [1.29, 1.82) is 0 Å². The predicted octanol–water partition coefficient (Wildman–Crippen LogP) is 4.00. The summed E-state index contributed by atoms with van der Waals surface area (Å²) in [6, 6.07) is 0. The van der Waals surface area contributed by atoms with Gasteiger partial charge in [-0.3, -0.25) is 0 Å². The lowest BCUT2D eigenvalue weighted by Gasteiger charge is -2.22. The monoisotopic (exact) mass is 465 g/mol. The fourth-order valence-electron chi connectivity index (χ4n) is 1.86. The number of hydrogen-bond acceptors (Lipinski definition) is 6. The van der Waals surface area contributed by atoms with Crippen LogP contribution in [0, 0.1) is 6.92 Å². The Labute approximate surface area is 158 Å². The Morgan fingerprint density at radius 1 is 1.17 bits per heavy atom. The molecule has 0 aromatic heterocycles.